The molecule has 6 rings (SSSR count). The van der Waals surface area contributed by atoms with Gasteiger partial charge in [-0.2, -0.15) is 0 Å². The minimum Gasteiger partial charge on any atom is -0.397 e. The van der Waals surface area contributed by atoms with E-state index in [-0.39, 0.29) is 11.7 Å². The van der Waals surface area contributed by atoms with Crippen LogP contribution in [0.25, 0.3) is 10.2 Å². The van der Waals surface area contributed by atoms with Crippen LogP contribution in [0.2, 0.25) is 0 Å². The number of pyridine rings is 1. The van der Waals surface area contributed by atoms with E-state index in [2.05, 4.69) is 21.4 Å². The highest BCUT2D eigenvalue weighted by atomic mass is 32.1. The number of carbonyl (C=O) groups is 1. The Balaban J connectivity index is 1.12. The van der Waals surface area contributed by atoms with Crippen molar-refractivity contribution >= 4 is 38.8 Å². The van der Waals surface area contributed by atoms with Gasteiger partial charge in [0.25, 0.3) is 5.91 Å². The van der Waals surface area contributed by atoms with Crippen molar-refractivity contribution in [3.63, 3.8) is 0 Å². The minimum atomic E-state index is -0.235. The number of nitrogens with zero attached hydrogens (tertiary/aromatic N) is 3. The first kappa shape index (κ1) is 19.2. The first-order valence-corrected chi connectivity index (χ1v) is 11.7. The summed E-state index contributed by atoms with van der Waals surface area (Å²) in [6.45, 7) is 4.48. The first-order valence-electron chi connectivity index (χ1n) is 10.8. The van der Waals surface area contributed by atoms with Crippen LogP contribution in [-0.2, 0) is 6.42 Å². The van der Waals surface area contributed by atoms with Crippen molar-refractivity contribution in [1.82, 2.24) is 19.9 Å². The lowest BCUT2D eigenvalue weighted by atomic mass is 10.0. The van der Waals surface area contributed by atoms with E-state index in [4.69, 9.17) is 5.73 Å². The van der Waals surface area contributed by atoms with E-state index in [0.717, 1.165) is 39.3 Å². The highest BCUT2D eigenvalue weighted by Crippen LogP contribution is 2.52. The van der Waals surface area contributed by atoms with Gasteiger partial charge in [-0.1, -0.05) is 6.07 Å². The Labute approximate surface area is 184 Å². The van der Waals surface area contributed by atoms with Gasteiger partial charge in [-0.15, -0.1) is 16.3 Å². The number of quaternary nitrogens is 1. The number of carbonyl (C=O) groups excluding carboxylic acids is 1. The van der Waals surface area contributed by atoms with Crippen LogP contribution in [0.4, 0.5) is 15.8 Å². The second-order valence-corrected chi connectivity index (χ2v) is 9.98. The molecule has 0 saturated carbocycles. The summed E-state index contributed by atoms with van der Waals surface area (Å²) in [4.78, 5) is 18.3. The van der Waals surface area contributed by atoms with Crippen LogP contribution < -0.4 is 15.6 Å². The van der Waals surface area contributed by atoms with Crippen LogP contribution in [0.15, 0.2) is 30.3 Å². The summed E-state index contributed by atoms with van der Waals surface area (Å²) in [7, 11) is 0. The molecule has 31 heavy (non-hydrogen) atoms. The highest BCUT2D eigenvalue weighted by molar-refractivity contribution is 7.21. The fourth-order valence-electron chi connectivity index (χ4n) is 5.68. The van der Waals surface area contributed by atoms with E-state index in [1.54, 1.807) is 6.07 Å². The molecule has 5 heterocycles. The molecule has 0 aliphatic carbocycles. The summed E-state index contributed by atoms with van der Waals surface area (Å²) in [6.07, 6.45) is 3.00. The maximum Gasteiger partial charge on any atom is 0.263 e. The Morgan fingerprint density at radius 1 is 1.29 bits per heavy atom. The number of aryl methyl sites for hydroxylation is 1. The smallest absolute Gasteiger partial charge is 0.263 e. The van der Waals surface area contributed by atoms with E-state index in [9.17, 15) is 9.18 Å². The number of hydrogen-bond acceptors (Lipinski definition) is 5. The van der Waals surface area contributed by atoms with E-state index >= 15 is 0 Å². The molecule has 6 nitrogen and oxygen atoms in total. The summed E-state index contributed by atoms with van der Waals surface area (Å²) in [5.74, 6) is -0.424. The number of fused-ring (bicyclic) bond motifs is 1. The van der Waals surface area contributed by atoms with Gasteiger partial charge in [0.15, 0.2) is 5.69 Å². The van der Waals surface area contributed by atoms with E-state index < -0.39 is 0 Å². The number of benzene rings is 1. The Morgan fingerprint density at radius 2 is 2.06 bits per heavy atom. The van der Waals surface area contributed by atoms with Crippen molar-refractivity contribution in [3.05, 3.63) is 52.3 Å². The van der Waals surface area contributed by atoms with Gasteiger partial charge in [0.2, 0.25) is 0 Å². The predicted octanol–water partition coefficient (Wildman–Crippen LogP) is 3.38. The van der Waals surface area contributed by atoms with Gasteiger partial charge in [-0.25, -0.2) is 14.0 Å². The van der Waals surface area contributed by atoms with Gasteiger partial charge >= 0.3 is 0 Å². The molecular weight excluding hydrogens is 413 g/mol. The number of amides is 1. The average Bonchev–Trinajstić information content (AvgIpc) is 3.08. The van der Waals surface area contributed by atoms with Gasteiger partial charge in [0.1, 0.15) is 40.7 Å². The molecule has 1 amide bonds. The Bertz CT molecular complexity index is 1210. The molecule has 0 spiro atoms. The Morgan fingerprint density at radius 3 is 2.81 bits per heavy atom. The standard InChI is InChI=1S/C23H24FN5OS/c1-13-2-7-18-20(25)21(31-23(18)27-13)22(30)26-9-8-14-3-6-17(10-19(14)24)29-11-15-4-5-16(12-29)28(15)29/h2-3,6-7,10,15-16H,4-5,8-9,11-12H2,1H3,(H2-,25,26,30)/p+1. The van der Waals surface area contributed by atoms with Crippen LogP contribution in [0, 0.1) is 12.7 Å². The number of hydrogen-bond donors (Lipinski definition) is 2. The predicted molar refractivity (Wildman–Crippen MR) is 121 cm³/mol. The number of halogens is 1. The van der Waals surface area contributed by atoms with Crippen LogP contribution in [0.5, 0.6) is 0 Å². The Hall–Kier alpha value is -2.55. The first-order chi connectivity index (χ1) is 15.0. The van der Waals surface area contributed by atoms with Crippen molar-refractivity contribution < 1.29 is 9.18 Å². The fourth-order valence-corrected chi connectivity index (χ4v) is 6.74. The number of rotatable bonds is 5. The summed E-state index contributed by atoms with van der Waals surface area (Å²) < 4.78 is 15.7. The summed E-state index contributed by atoms with van der Waals surface area (Å²) in [5, 5.41) is 6.22. The number of nitrogen functional groups attached to an aromatic ring is 1. The van der Waals surface area contributed by atoms with Crippen molar-refractivity contribution in [1.29, 1.82) is 0 Å². The average molecular weight is 439 g/mol. The normalized spacial score (nSPS) is 26.4. The van der Waals surface area contributed by atoms with Gasteiger partial charge in [0, 0.05) is 29.8 Å². The quantitative estimate of drug-likeness (QED) is 0.599. The zero-order valence-electron chi connectivity index (χ0n) is 17.4. The SMILES string of the molecule is Cc1ccc2c(N)c(C(=O)NCCc3ccc([N+]45CC6CCC(C4)N65)cc3F)sc2n1. The molecule has 2 aromatic heterocycles. The highest BCUT2D eigenvalue weighted by Gasteiger charge is 2.69. The van der Waals surface area contributed by atoms with Gasteiger partial charge in [-0.3, -0.25) is 4.79 Å². The van der Waals surface area contributed by atoms with Crippen molar-refractivity contribution in [2.75, 3.05) is 25.4 Å². The third kappa shape index (κ3) is 2.75. The maximum absolute atomic E-state index is 14.8. The zero-order valence-corrected chi connectivity index (χ0v) is 18.2. The molecule has 3 N–H and O–H groups in total. The maximum atomic E-state index is 14.8. The fraction of sp³-hybridized carbons (Fsp3) is 0.391. The van der Waals surface area contributed by atoms with Crippen LogP contribution >= 0.6 is 11.3 Å². The lowest BCUT2D eigenvalue weighted by molar-refractivity contribution is -0.231. The number of nitrogens with one attached hydrogen (secondary N) is 1. The second-order valence-electron chi connectivity index (χ2n) is 8.98. The number of anilines is 1. The van der Waals surface area contributed by atoms with Gasteiger partial charge in [-0.05, 0) is 43.9 Å². The minimum absolute atomic E-state index is 0.189. The second kappa shape index (κ2) is 6.72. The van der Waals surface area contributed by atoms with Crippen LogP contribution in [-0.4, -0.2) is 47.6 Å². The number of thiophene rings is 1. The molecule has 3 fully saturated rings. The van der Waals surface area contributed by atoms with E-state index in [1.807, 2.05) is 25.1 Å². The van der Waals surface area contributed by atoms with E-state index in [0.29, 0.717) is 41.2 Å². The summed E-state index contributed by atoms with van der Waals surface area (Å²) in [6, 6.07) is 10.8. The number of nitrogens with two attached hydrogens (primary N) is 1. The molecule has 8 heteroatoms. The van der Waals surface area contributed by atoms with Gasteiger partial charge < -0.3 is 11.1 Å². The Kier molecular flexibility index (Phi) is 4.15. The molecule has 3 aliphatic rings. The van der Waals surface area contributed by atoms with Crippen molar-refractivity contribution in [2.45, 2.75) is 38.3 Å². The zero-order chi connectivity index (χ0) is 21.3. The molecule has 3 aromatic rings. The summed E-state index contributed by atoms with van der Waals surface area (Å²) in [5.41, 5.74) is 9.18. The molecular formula is C23H25FN5OS+. The molecule has 0 radical (unpaired) electrons. The third-order valence-electron chi connectivity index (χ3n) is 7.19. The molecule has 2 unspecified atom stereocenters. The number of piperazine rings is 1. The largest absolute Gasteiger partial charge is 0.397 e. The molecule has 2 atom stereocenters. The number of aromatic nitrogens is 1. The van der Waals surface area contributed by atoms with Crippen LogP contribution in [0.1, 0.15) is 33.8 Å². The molecule has 3 saturated heterocycles. The van der Waals surface area contributed by atoms with E-state index in [1.165, 1.54) is 24.2 Å². The topological polar surface area (TPSA) is 71.2 Å². The lowest BCUT2D eigenvalue weighted by Crippen LogP contribution is -2.88. The van der Waals surface area contributed by atoms with Crippen molar-refractivity contribution in [2.24, 2.45) is 0 Å². The van der Waals surface area contributed by atoms with Crippen molar-refractivity contribution in [3.8, 4) is 0 Å². The van der Waals surface area contributed by atoms with Crippen LogP contribution in [0.3, 0.4) is 0 Å². The summed E-state index contributed by atoms with van der Waals surface area (Å²) >= 11 is 1.29. The molecule has 3 aliphatic heterocycles. The molecule has 0 bridgehead atoms. The monoisotopic (exact) mass is 438 g/mol. The third-order valence-corrected chi connectivity index (χ3v) is 8.30. The van der Waals surface area contributed by atoms with Gasteiger partial charge in [0.05, 0.1) is 5.69 Å². The lowest BCUT2D eigenvalue weighted by Gasteiger charge is -2.64. The molecule has 1 aromatic carbocycles. The molecule has 160 valence electrons.